The molecule has 168 valence electrons. The third-order valence-electron chi connectivity index (χ3n) is 4.94. The number of ether oxygens (including phenoxy) is 1. The van der Waals surface area contributed by atoms with Crippen LogP contribution in [0.5, 0.6) is 0 Å². The molecule has 2 rings (SSSR count). The molecule has 1 saturated heterocycles. The molecule has 0 aromatic heterocycles. The highest BCUT2D eigenvalue weighted by atomic mass is 19.1. The molecule has 9 heteroatoms. The number of esters is 1. The number of urea groups is 1. The molecule has 8 nitrogen and oxygen atoms in total. The van der Waals surface area contributed by atoms with Crippen molar-refractivity contribution in [1.29, 1.82) is 0 Å². The number of likely N-dealkylation sites (tertiary alicyclic amines) is 1. The Hall–Kier alpha value is -2.39. The highest BCUT2D eigenvalue weighted by Crippen LogP contribution is 2.26. The average Bonchev–Trinajstić information content (AvgIpc) is 2.68. The Kier molecular flexibility index (Phi) is 8.43. The number of rotatable bonds is 7. The largest absolute Gasteiger partial charge is 0.464 e. The van der Waals surface area contributed by atoms with Crippen LogP contribution in [0.4, 0.5) is 20.6 Å². The molecule has 0 radical (unpaired) electrons. The van der Waals surface area contributed by atoms with E-state index in [1.807, 2.05) is 20.8 Å². The van der Waals surface area contributed by atoms with Crippen molar-refractivity contribution < 1.29 is 18.7 Å². The quantitative estimate of drug-likeness (QED) is 0.270. The minimum atomic E-state index is -0.513. The number of nitrogens with two attached hydrogens (primary N) is 1. The number of amides is 2. The maximum absolute atomic E-state index is 13.8. The van der Waals surface area contributed by atoms with Crippen LogP contribution in [0.25, 0.3) is 0 Å². The van der Waals surface area contributed by atoms with Crippen molar-refractivity contribution in [3.8, 4) is 0 Å². The van der Waals surface area contributed by atoms with Gasteiger partial charge in [-0.15, -0.1) is 0 Å². The van der Waals surface area contributed by atoms with Gasteiger partial charge in [-0.05, 0) is 65.3 Å². The minimum absolute atomic E-state index is 0.0784. The zero-order valence-corrected chi connectivity index (χ0v) is 18.3. The molecule has 0 bridgehead atoms. The fraction of sp³-hybridized carbons (Fsp3) is 0.619. The first kappa shape index (κ1) is 23.9. The Balaban J connectivity index is 1.95. The molecular formula is C21H34FN5O3. The number of piperidine rings is 1. The van der Waals surface area contributed by atoms with E-state index in [0.29, 0.717) is 31.1 Å². The minimum Gasteiger partial charge on any atom is -0.464 e. The summed E-state index contributed by atoms with van der Waals surface area (Å²) in [7, 11) is 0. The molecule has 1 heterocycles. The maximum Gasteiger partial charge on any atom is 0.336 e. The van der Waals surface area contributed by atoms with Gasteiger partial charge in [0.1, 0.15) is 12.4 Å². The fourth-order valence-electron chi connectivity index (χ4n) is 3.16. The van der Waals surface area contributed by atoms with Crippen LogP contribution in [0.2, 0.25) is 0 Å². The monoisotopic (exact) mass is 423 g/mol. The number of carbonyl (C=O) groups excluding carboxylic acids is 2. The van der Waals surface area contributed by atoms with Crippen LogP contribution in [0.3, 0.4) is 0 Å². The van der Waals surface area contributed by atoms with Gasteiger partial charge in [0.05, 0.1) is 16.8 Å². The second-order valence-electron chi connectivity index (χ2n) is 8.58. The van der Waals surface area contributed by atoms with Crippen molar-refractivity contribution in [1.82, 2.24) is 9.91 Å². The van der Waals surface area contributed by atoms with Crippen molar-refractivity contribution in [2.75, 3.05) is 43.4 Å². The highest BCUT2D eigenvalue weighted by Gasteiger charge is 2.24. The molecule has 4 N–H and O–H groups in total. The van der Waals surface area contributed by atoms with Gasteiger partial charge in [0, 0.05) is 25.7 Å². The Labute approximate surface area is 177 Å². The molecular weight excluding hydrogens is 389 g/mol. The lowest BCUT2D eigenvalue weighted by Crippen LogP contribution is -2.44. The molecule has 1 aliphatic heterocycles. The van der Waals surface area contributed by atoms with Gasteiger partial charge in [-0.1, -0.05) is 0 Å². The molecule has 0 unspecified atom stereocenters. The summed E-state index contributed by atoms with van der Waals surface area (Å²) in [6.45, 7) is 10.2. The Morgan fingerprint density at radius 2 is 2.07 bits per heavy atom. The lowest BCUT2D eigenvalue weighted by atomic mass is 9.97. The third-order valence-corrected chi connectivity index (χ3v) is 4.94. The summed E-state index contributed by atoms with van der Waals surface area (Å²) < 4.78 is 19.2. The van der Waals surface area contributed by atoms with E-state index in [2.05, 4.69) is 15.5 Å². The predicted molar refractivity (Wildman–Crippen MR) is 115 cm³/mol. The van der Waals surface area contributed by atoms with Gasteiger partial charge in [0.2, 0.25) is 0 Å². The molecule has 2 amide bonds. The van der Waals surface area contributed by atoms with E-state index in [-0.39, 0.29) is 12.0 Å². The molecule has 1 atom stereocenters. The zero-order valence-electron chi connectivity index (χ0n) is 18.3. The van der Waals surface area contributed by atoms with Gasteiger partial charge < -0.3 is 15.4 Å². The summed E-state index contributed by atoms with van der Waals surface area (Å²) in [4.78, 5) is 26.2. The lowest BCUT2D eigenvalue weighted by molar-refractivity contribution is -0.153. The molecule has 1 aromatic carbocycles. The molecule has 0 spiro atoms. The van der Waals surface area contributed by atoms with Gasteiger partial charge in [-0.25, -0.2) is 15.0 Å². The first-order valence-electron chi connectivity index (χ1n) is 10.4. The van der Waals surface area contributed by atoms with E-state index >= 15 is 0 Å². The van der Waals surface area contributed by atoms with Crippen LogP contribution in [-0.4, -0.2) is 60.7 Å². The molecule has 0 saturated carbocycles. The third kappa shape index (κ3) is 7.14. The van der Waals surface area contributed by atoms with Crippen molar-refractivity contribution in [3.63, 3.8) is 0 Å². The number of hydrazine groups is 1. The van der Waals surface area contributed by atoms with Crippen LogP contribution in [0.15, 0.2) is 18.2 Å². The van der Waals surface area contributed by atoms with Crippen LogP contribution in [0, 0.1) is 11.2 Å². The molecule has 1 fully saturated rings. The molecule has 0 aliphatic carbocycles. The molecule has 1 aromatic rings. The SMILES string of the molecule is CCN(N)C(=O)Nc1ccc(F)cc1N[C@@H]1CCCN(CCOC(=O)C(C)(C)C)C1. The Morgan fingerprint density at radius 1 is 1.33 bits per heavy atom. The highest BCUT2D eigenvalue weighted by molar-refractivity contribution is 5.92. The van der Waals surface area contributed by atoms with Crippen molar-refractivity contribution >= 4 is 23.4 Å². The first-order valence-corrected chi connectivity index (χ1v) is 10.4. The first-order chi connectivity index (χ1) is 14.1. The van der Waals surface area contributed by atoms with E-state index in [1.54, 1.807) is 6.92 Å². The summed E-state index contributed by atoms with van der Waals surface area (Å²) >= 11 is 0. The van der Waals surface area contributed by atoms with Crippen molar-refractivity contribution in [2.45, 2.75) is 46.6 Å². The second-order valence-corrected chi connectivity index (χ2v) is 8.58. The second kappa shape index (κ2) is 10.6. The van der Waals surface area contributed by atoms with E-state index in [4.69, 9.17) is 10.6 Å². The number of nitrogens with one attached hydrogen (secondary N) is 2. The molecule has 1 aliphatic rings. The lowest BCUT2D eigenvalue weighted by Gasteiger charge is -2.34. The fourth-order valence-corrected chi connectivity index (χ4v) is 3.16. The van der Waals surface area contributed by atoms with Crippen LogP contribution in [-0.2, 0) is 9.53 Å². The summed E-state index contributed by atoms with van der Waals surface area (Å²) in [6, 6.07) is 3.80. The number of hydrogen-bond acceptors (Lipinski definition) is 6. The van der Waals surface area contributed by atoms with Gasteiger partial charge in [-0.2, -0.15) is 0 Å². The number of halogens is 1. The number of anilines is 2. The van der Waals surface area contributed by atoms with E-state index in [0.717, 1.165) is 30.9 Å². The summed E-state index contributed by atoms with van der Waals surface area (Å²) in [6.07, 6.45) is 1.88. The van der Waals surface area contributed by atoms with Crippen LogP contribution < -0.4 is 16.5 Å². The Morgan fingerprint density at radius 3 is 2.73 bits per heavy atom. The van der Waals surface area contributed by atoms with E-state index < -0.39 is 17.3 Å². The van der Waals surface area contributed by atoms with Gasteiger partial charge in [0.25, 0.3) is 0 Å². The average molecular weight is 424 g/mol. The number of benzene rings is 1. The standard InChI is InChI=1S/C21H34FN5O3/c1-5-27(23)20(29)25-17-9-8-15(22)13-18(17)24-16-7-6-10-26(14-16)11-12-30-19(28)21(2,3)4/h8-9,13,16,24H,5-7,10-12,14,23H2,1-4H3,(H,25,29)/t16-/m1/s1. The van der Waals surface area contributed by atoms with Gasteiger partial charge >= 0.3 is 12.0 Å². The van der Waals surface area contributed by atoms with Crippen LogP contribution in [0.1, 0.15) is 40.5 Å². The van der Waals surface area contributed by atoms with Crippen molar-refractivity contribution in [3.05, 3.63) is 24.0 Å². The predicted octanol–water partition coefficient (Wildman–Crippen LogP) is 3.02. The number of hydrogen-bond donors (Lipinski definition) is 3. The number of carbonyl (C=O) groups is 2. The topological polar surface area (TPSA) is 99.9 Å². The summed E-state index contributed by atoms with van der Waals surface area (Å²) in [5.41, 5.74) is 0.474. The van der Waals surface area contributed by atoms with E-state index in [9.17, 15) is 14.0 Å². The maximum atomic E-state index is 13.8. The zero-order chi connectivity index (χ0) is 22.3. The smallest absolute Gasteiger partial charge is 0.336 e. The summed E-state index contributed by atoms with van der Waals surface area (Å²) in [5.74, 6) is 5.02. The Bertz CT molecular complexity index is 738. The number of nitrogens with zero attached hydrogens (tertiary/aromatic N) is 2. The van der Waals surface area contributed by atoms with Gasteiger partial charge in [-0.3, -0.25) is 14.7 Å². The van der Waals surface area contributed by atoms with E-state index in [1.165, 1.54) is 18.2 Å². The van der Waals surface area contributed by atoms with Crippen LogP contribution >= 0.6 is 0 Å². The normalized spacial score (nSPS) is 17.3. The summed E-state index contributed by atoms with van der Waals surface area (Å²) in [5, 5.41) is 7.10. The molecule has 30 heavy (non-hydrogen) atoms. The van der Waals surface area contributed by atoms with Gasteiger partial charge in [0.15, 0.2) is 0 Å². The van der Waals surface area contributed by atoms with Crippen molar-refractivity contribution in [2.24, 2.45) is 11.3 Å².